The number of nitrogens with zero attached hydrogens (tertiary/aromatic N) is 2. The maximum Gasteiger partial charge on any atom is 0.179 e. The molecule has 2 aromatic carbocycles. The molecular weight excluding hydrogens is 372 g/mol. The lowest BCUT2D eigenvalue weighted by molar-refractivity contribution is 0.355. The smallest absolute Gasteiger partial charge is 0.179 e. The van der Waals surface area contributed by atoms with Crippen molar-refractivity contribution < 1.29 is 9.47 Å². The molecule has 0 spiro atoms. The Kier molecular flexibility index (Phi) is 4.68. The second-order valence-corrected chi connectivity index (χ2v) is 7.10. The Morgan fingerprint density at radius 2 is 1.79 bits per heavy atom. The SMILES string of the molecule is COc1cc2[nH]c(=S)n(CCc3cn(C)c4ccccc34)c(=N)c2cc1OC. The van der Waals surface area contributed by atoms with Crippen LogP contribution in [0.25, 0.3) is 21.8 Å². The van der Waals surface area contributed by atoms with Gasteiger partial charge in [0.05, 0.1) is 19.7 Å². The highest BCUT2D eigenvalue weighted by Crippen LogP contribution is 2.30. The number of aromatic nitrogens is 3. The molecule has 0 aliphatic carbocycles. The Hall–Kier alpha value is -3.06. The first-order chi connectivity index (χ1) is 13.5. The maximum absolute atomic E-state index is 8.69. The molecule has 0 saturated heterocycles. The number of fused-ring (bicyclic) bond motifs is 2. The fourth-order valence-corrected chi connectivity index (χ4v) is 3.97. The molecule has 4 rings (SSSR count). The van der Waals surface area contributed by atoms with Crippen LogP contribution in [0.5, 0.6) is 11.5 Å². The minimum Gasteiger partial charge on any atom is -0.493 e. The highest BCUT2D eigenvalue weighted by Gasteiger charge is 2.11. The average molecular weight is 395 g/mol. The fraction of sp³-hybridized carbons (Fsp3) is 0.238. The largest absolute Gasteiger partial charge is 0.493 e. The first kappa shape index (κ1) is 18.3. The summed E-state index contributed by atoms with van der Waals surface area (Å²) in [7, 11) is 5.23. The van der Waals surface area contributed by atoms with E-state index in [2.05, 4.69) is 41.0 Å². The molecule has 7 heteroatoms. The second kappa shape index (κ2) is 7.16. The van der Waals surface area contributed by atoms with E-state index in [0.717, 1.165) is 17.3 Å². The number of methoxy groups -OCH3 is 2. The summed E-state index contributed by atoms with van der Waals surface area (Å²) in [6, 6.07) is 12.0. The molecule has 0 bridgehead atoms. The Balaban J connectivity index is 1.76. The van der Waals surface area contributed by atoms with E-state index in [1.54, 1.807) is 14.2 Å². The number of hydrogen-bond donors (Lipinski definition) is 2. The van der Waals surface area contributed by atoms with E-state index >= 15 is 0 Å². The minimum absolute atomic E-state index is 0.361. The number of para-hydroxylation sites is 1. The summed E-state index contributed by atoms with van der Waals surface area (Å²) in [4.78, 5) is 3.22. The number of nitrogens with one attached hydrogen (secondary N) is 2. The van der Waals surface area contributed by atoms with Crippen molar-refractivity contribution in [2.75, 3.05) is 14.2 Å². The number of H-pyrrole nitrogens is 1. The Morgan fingerprint density at radius 1 is 1.07 bits per heavy atom. The van der Waals surface area contributed by atoms with Crippen molar-refractivity contribution in [1.29, 1.82) is 5.41 Å². The predicted molar refractivity (Wildman–Crippen MR) is 113 cm³/mol. The first-order valence-electron chi connectivity index (χ1n) is 9.00. The van der Waals surface area contributed by atoms with E-state index in [9.17, 15) is 0 Å². The van der Waals surface area contributed by atoms with Crippen molar-refractivity contribution >= 4 is 34.0 Å². The van der Waals surface area contributed by atoms with Crippen LogP contribution in [0.4, 0.5) is 0 Å². The molecule has 28 heavy (non-hydrogen) atoms. The average Bonchev–Trinajstić information content (AvgIpc) is 3.03. The van der Waals surface area contributed by atoms with Gasteiger partial charge in [-0.25, -0.2) is 0 Å². The van der Waals surface area contributed by atoms with E-state index in [-0.39, 0.29) is 0 Å². The summed E-state index contributed by atoms with van der Waals surface area (Å²) in [5, 5.41) is 10.7. The van der Waals surface area contributed by atoms with Crippen molar-refractivity contribution in [1.82, 2.24) is 14.1 Å². The topological polar surface area (TPSA) is 68.0 Å². The van der Waals surface area contributed by atoms with Gasteiger partial charge in [-0.3, -0.25) is 5.41 Å². The van der Waals surface area contributed by atoms with Gasteiger partial charge in [-0.05, 0) is 36.3 Å². The van der Waals surface area contributed by atoms with E-state index in [0.29, 0.717) is 28.3 Å². The number of hydrogen-bond acceptors (Lipinski definition) is 4. The zero-order valence-electron chi connectivity index (χ0n) is 16.1. The standard InChI is InChI=1S/C21H22N4O2S/c1-24-12-13(14-6-4-5-7-17(14)24)8-9-25-20(22)15-10-18(26-2)19(27-3)11-16(15)23-21(25)28/h4-7,10-12,22H,8-9H2,1-3H3,(H,23,28). The molecule has 144 valence electrons. The maximum atomic E-state index is 8.69. The summed E-state index contributed by atoms with van der Waals surface area (Å²) in [6.07, 6.45) is 2.94. The van der Waals surface area contributed by atoms with Gasteiger partial charge in [-0.15, -0.1) is 0 Å². The number of aromatic amines is 1. The highest BCUT2D eigenvalue weighted by molar-refractivity contribution is 7.71. The second-order valence-electron chi connectivity index (χ2n) is 6.72. The molecule has 6 nitrogen and oxygen atoms in total. The van der Waals surface area contributed by atoms with Crippen molar-refractivity contribution in [3.63, 3.8) is 0 Å². The Labute approximate surface area is 167 Å². The molecule has 0 fully saturated rings. The monoisotopic (exact) mass is 394 g/mol. The molecule has 0 radical (unpaired) electrons. The zero-order valence-corrected chi connectivity index (χ0v) is 16.9. The van der Waals surface area contributed by atoms with E-state index in [1.807, 2.05) is 22.8 Å². The van der Waals surface area contributed by atoms with Crippen LogP contribution in [-0.4, -0.2) is 28.3 Å². The van der Waals surface area contributed by atoms with Crippen molar-refractivity contribution in [2.24, 2.45) is 7.05 Å². The Morgan fingerprint density at radius 3 is 2.54 bits per heavy atom. The van der Waals surface area contributed by atoms with Crippen LogP contribution in [-0.2, 0) is 20.0 Å². The molecule has 4 aromatic rings. The van der Waals surface area contributed by atoms with Crippen LogP contribution in [0.15, 0.2) is 42.6 Å². The zero-order chi connectivity index (χ0) is 19.8. The van der Waals surface area contributed by atoms with Crippen LogP contribution in [0.2, 0.25) is 0 Å². The fourth-order valence-electron chi connectivity index (χ4n) is 3.68. The van der Waals surface area contributed by atoms with Crippen LogP contribution in [0.1, 0.15) is 5.56 Å². The number of rotatable bonds is 5. The van der Waals surface area contributed by atoms with E-state index in [1.165, 1.54) is 16.5 Å². The molecule has 0 atom stereocenters. The van der Waals surface area contributed by atoms with Crippen LogP contribution in [0, 0.1) is 10.2 Å². The van der Waals surface area contributed by atoms with Gasteiger partial charge in [-0.1, -0.05) is 18.2 Å². The molecule has 2 aromatic heterocycles. The highest BCUT2D eigenvalue weighted by atomic mass is 32.1. The molecule has 0 unspecified atom stereocenters. The lowest BCUT2D eigenvalue weighted by Gasteiger charge is -2.13. The third kappa shape index (κ3) is 2.97. The molecule has 0 aliphatic rings. The van der Waals surface area contributed by atoms with Gasteiger partial charge in [-0.2, -0.15) is 0 Å². The summed E-state index contributed by atoms with van der Waals surface area (Å²) in [5.74, 6) is 1.20. The summed E-state index contributed by atoms with van der Waals surface area (Å²) in [6.45, 7) is 0.618. The van der Waals surface area contributed by atoms with Gasteiger partial charge < -0.3 is 23.6 Å². The molecule has 0 saturated carbocycles. The summed E-state index contributed by atoms with van der Waals surface area (Å²) >= 11 is 5.53. The molecule has 0 amide bonds. The third-order valence-electron chi connectivity index (χ3n) is 5.12. The van der Waals surface area contributed by atoms with Crippen molar-refractivity contribution in [3.8, 4) is 11.5 Å². The van der Waals surface area contributed by atoms with Gasteiger partial charge >= 0.3 is 0 Å². The van der Waals surface area contributed by atoms with E-state index in [4.69, 9.17) is 27.1 Å². The van der Waals surface area contributed by atoms with Gasteiger partial charge in [0.2, 0.25) is 0 Å². The van der Waals surface area contributed by atoms with Crippen molar-refractivity contribution in [2.45, 2.75) is 13.0 Å². The lowest BCUT2D eigenvalue weighted by atomic mass is 10.1. The van der Waals surface area contributed by atoms with Gasteiger partial charge in [0.1, 0.15) is 5.49 Å². The van der Waals surface area contributed by atoms with Crippen LogP contribution < -0.4 is 15.0 Å². The molecule has 2 heterocycles. The molecule has 0 aliphatic heterocycles. The van der Waals surface area contributed by atoms with Crippen LogP contribution >= 0.6 is 12.2 Å². The predicted octanol–water partition coefficient (Wildman–Crippen LogP) is 3.93. The third-order valence-corrected chi connectivity index (χ3v) is 5.44. The van der Waals surface area contributed by atoms with Crippen LogP contribution in [0.3, 0.4) is 0 Å². The number of benzene rings is 2. The van der Waals surface area contributed by atoms with Gasteiger partial charge in [0.25, 0.3) is 0 Å². The quantitative estimate of drug-likeness (QED) is 0.504. The van der Waals surface area contributed by atoms with Gasteiger partial charge in [0.15, 0.2) is 16.3 Å². The van der Waals surface area contributed by atoms with Crippen molar-refractivity contribution in [3.05, 3.63) is 58.4 Å². The Bertz CT molecular complexity index is 1300. The molecular formula is C21H22N4O2S. The van der Waals surface area contributed by atoms with E-state index < -0.39 is 0 Å². The number of aryl methyl sites for hydroxylation is 2. The molecule has 2 N–H and O–H groups in total. The first-order valence-corrected chi connectivity index (χ1v) is 9.40. The summed E-state index contributed by atoms with van der Waals surface area (Å²) in [5.41, 5.74) is 3.56. The summed E-state index contributed by atoms with van der Waals surface area (Å²) < 4.78 is 15.2. The lowest BCUT2D eigenvalue weighted by Crippen LogP contribution is -2.23. The van der Waals surface area contributed by atoms with Gasteiger partial charge in [0, 0.05) is 42.1 Å². The normalized spacial score (nSPS) is 11.2. The number of ether oxygens (including phenoxy) is 2. The minimum atomic E-state index is 0.361.